The highest BCUT2D eigenvalue weighted by Crippen LogP contribution is 2.25. The molecule has 0 unspecified atom stereocenters. The minimum atomic E-state index is -0.525. The predicted octanol–water partition coefficient (Wildman–Crippen LogP) is 1.87. The molecule has 0 N–H and O–H groups in total. The number of carbonyl (C=O) groups excluding carboxylic acids is 1. The van der Waals surface area contributed by atoms with Crippen LogP contribution in [0.4, 0.5) is 5.69 Å². The van der Waals surface area contributed by atoms with Crippen molar-refractivity contribution in [2.75, 3.05) is 0 Å². The zero-order chi connectivity index (χ0) is 11.7. The van der Waals surface area contributed by atoms with E-state index in [1.165, 1.54) is 19.1 Å². The lowest BCUT2D eigenvalue weighted by Gasteiger charge is -1.89. The summed E-state index contributed by atoms with van der Waals surface area (Å²) < 4.78 is 5.23. The number of carbonyl (C=O) groups is 1. The quantitative estimate of drug-likeness (QED) is 0.582. The number of nitro groups is 1. The number of Topliss-reactive ketones (excluding diaryl/α,β-unsaturated/α-hetero) is 1. The smallest absolute Gasteiger partial charge is 0.298 e. The number of hydrogen-bond acceptors (Lipinski definition) is 5. The van der Waals surface area contributed by atoms with E-state index in [0.717, 1.165) is 0 Å². The predicted molar refractivity (Wildman–Crippen MR) is 55.0 cm³/mol. The van der Waals surface area contributed by atoms with Crippen molar-refractivity contribution < 1.29 is 14.1 Å². The topological polar surface area (TPSA) is 86.2 Å². The molecule has 0 spiro atoms. The molecule has 6 nitrogen and oxygen atoms in total. The Hall–Kier alpha value is -2.24. The Morgan fingerprint density at radius 1 is 1.56 bits per heavy atom. The lowest BCUT2D eigenvalue weighted by atomic mass is 10.3. The second-order valence-corrected chi connectivity index (χ2v) is 3.37. The molecule has 0 amide bonds. The number of para-hydroxylation sites is 1. The molecule has 0 aliphatic heterocycles. The van der Waals surface area contributed by atoms with Gasteiger partial charge in [0.05, 0.1) is 11.3 Å². The second kappa shape index (κ2) is 3.73. The molecular weight excluding hydrogens is 212 g/mol. The van der Waals surface area contributed by atoms with Gasteiger partial charge < -0.3 is 4.42 Å². The summed E-state index contributed by atoms with van der Waals surface area (Å²) in [6.45, 7) is 1.41. The van der Waals surface area contributed by atoms with Crippen LogP contribution in [0.3, 0.4) is 0 Å². The monoisotopic (exact) mass is 220 g/mol. The van der Waals surface area contributed by atoms with Gasteiger partial charge in [0.15, 0.2) is 11.1 Å². The number of hydrogen-bond donors (Lipinski definition) is 0. The molecule has 1 aromatic carbocycles. The Morgan fingerprint density at radius 2 is 2.31 bits per heavy atom. The van der Waals surface area contributed by atoms with Crippen LogP contribution in [0.5, 0.6) is 0 Å². The van der Waals surface area contributed by atoms with E-state index < -0.39 is 4.92 Å². The highest BCUT2D eigenvalue weighted by Gasteiger charge is 2.17. The normalized spacial score (nSPS) is 10.6. The molecule has 2 rings (SSSR count). The number of ketones is 1. The summed E-state index contributed by atoms with van der Waals surface area (Å²) in [6.07, 6.45) is 0.0475. The molecule has 1 aromatic heterocycles. The molecule has 2 aromatic rings. The maximum Gasteiger partial charge on any atom is 0.298 e. The summed E-state index contributed by atoms with van der Waals surface area (Å²) in [4.78, 5) is 25.0. The van der Waals surface area contributed by atoms with Gasteiger partial charge in [0.2, 0.25) is 5.89 Å². The van der Waals surface area contributed by atoms with Crippen LogP contribution in [0, 0.1) is 10.1 Å². The summed E-state index contributed by atoms with van der Waals surface area (Å²) in [5.41, 5.74) is 0.394. The van der Waals surface area contributed by atoms with Gasteiger partial charge in [-0.1, -0.05) is 6.07 Å². The van der Waals surface area contributed by atoms with Gasteiger partial charge in [0, 0.05) is 6.07 Å². The van der Waals surface area contributed by atoms with Gasteiger partial charge in [0.25, 0.3) is 5.69 Å². The van der Waals surface area contributed by atoms with Gasteiger partial charge in [-0.25, -0.2) is 4.98 Å². The first-order chi connectivity index (χ1) is 7.58. The van der Waals surface area contributed by atoms with Crippen LogP contribution in [0.2, 0.25) is 0 Å². The summed E-state index contributed by atoms with van der Waals surface area (Å²) >= 11 is 0. The van der Waals surface area contributed by atoms with E-state index in [2.05, 4.69) is 4.98 Å². The highest BCUT2D eigenvalue weighted by atomic mass is 16.6. The van der Waals surface area contributed by atoms with Crippen LogP contribution in [-0.4, -0.2) is 15.7 Å². The lowest BCUT2D eigenvalue weighted by Crippen LogP contribution is -1.96. The van der Waals surface area contributed by atoms with E-state index in [4.69, 9.17) is 4.42 Å². The Balaban J connectivity index is 2.56. The maximum absolute atomic E-state index is 10.9. The first kappa shape index (κ1) is 10.3. The first-order valence-corrected chi connectivity index (χ1v) is 4.60. The molecular formula is C10H8N2O4. The van der Waals surface area contributed by atoms with Crippen molar-refractivity contribution in [3.05, 3.63) is 34.2 Å². The van der Waals surface area contributed by atoms with E-state index >= 15 is 0 Å². The SMILES string of the molecule is CC(=O)Cc1nc2c([N+](=O)[O-])cccc2o1. The molecule has 0 aliphatic rings. The number of rotatable bonds is 3. The zero-order valence-corrected chi connectivity index (χ0v) is 8.47. The fraction of sp³-hybridized carbons (Fsp3) is 0.200. The van der Waals surface area contributed by atoms with Crippen molar-refractivity contribution in [2.45, 2.75) is 13.3 Å². The van der Waals surface area contributed by atoms with Crippen molar-refractivity contribution in [2.24, 2.45) is 0 Å². The molecule has 6 heteroatoms. The van der Waals surface area contributed by atoms with E-state index in [1.807, 2.05) is 0 Å². The summed E-state index contributed by atoms with van der Waals surface area (Å²) in [7, 11) is 0. The Morgan fingerprint density at radius 3 is 2.94 bits per heavy atom. The van der Waals surface area contributed by atoms with Crippen molar-refractivity contribution in [1.82, 2.24) is 4.98 Å². The van der Waals surface area contributed by atoms with Gasteiger partial charge in [-0.05, 0) is 13.0 Å². The standard InChI is InChI=1S/C10H8N2O4/c1-6(13)5-9-11-10-7(12(14)15)3-2-4-8(10)16-9/h2-4H,5H2,1H3. The third kappa shape index (κ3) is 1.77. The van der Waals surface area contributed by atoms with Crippen molar-refractivity contribution in [3.8, 4) is 0 Å². The summed E-state index contributed by atoms with van der Waals surface area (Å²) in [5, 5.41) is 10.7. The maximum atomic E-state index is 10.9. The number of nitrogens with zero attached hydrogens (tertiary/aromatic N) is 2. The van der Waals surface area contributed by atoms with Crippen LogP contribution in [0.15, 0.2) is 22.6 Å². The van der Waals surface area contributed by atoms with Gasteiger partial charge in [-0.2, -0.15) is 0 Å². The molecule has 0 saturated heterocycles. The van der Waals surface area contributed by atoms with Crippen molar-refractivity contribution >= 4 is 22.6 Å². The number of aromatic nitrogens is 1. The van der Waals surface area contributed by atoms with Crippen LogP contribution in [0.25, 0.3) is 11.1 Å². The molecule has 16 heavy (non-hydrogen) atoms. The molecule has 1 heterocycles. The Kier molecular flexibility index (Phi) is 2.40. The molecule has 0 bridgehead atoms. The minimum Gasteiger partial charge on any atom is -0.440 e. The number of nitro benzene ring substituents is 1. The molecule has 0 atom stereocenters. The molecule has 0 fully saturated rings. The average molecular weight is 220 g/mol. The number of benzene rings is 1. The summed E-state index contributed by atoms with van der Waals surface area (Å²) in [5.74, 6) is 0.103. The third-order valence-corrected chi connectivity index (χ3v) is 2.04. The van der Waals surface area contributed by atoms with Crippen LogP contribution in [0.1, 0.15) is 12.8 Å². The highest BCUT2D eigenvalue weighted by molar-refractivity contribution is 5.84. The van der Waals surface area contributed by atoms with E-state index in [9.17, 15) is 14.9 Å². The van der Waals surface area contributed by atoms with Crippen molar-refractivity contribution in [1.29, 1.82) is 0 Å². The van der Waals surface area contributed by atoms with Crippen molar-refractivity contribution in [3.63, 3.8) is 0 Å². The van der Waals surface area contributed by atoms with Gasteiger partial charge in [-0.15, -0.1) is 0 Å². The van der Waals surface area contributed by atoms with Gasteiger partial charge in [-0.3, -0.25) is 14.9 Å². The summed E-state index contributed by atoms with van der Waals surface area (Å²) in [6, 6.07) is 4.45. The third-order valence-electron chi connectivity index (χ3n) is 2.04. The van der Waals surface area contributed by atoms with E-state index in [0.29, 0.717) is 5.58 Å². The first-order valence-electron chi connectivity index (χ1n) is 4.60. The van der Waals surface area contributed by atoms with Crippen LogP contribution in [-0.2, 0) is 11.2 Å². The number of non-ortho nitro benzene ring substituents is 1. The fourth-order valence-corrected chi connectivity index (χ4v) is 1.42. The largest absolute Gasteiger partial charge is 0.440 e. The van der Waals surface area contributed by atoms with E-state index in [-0.39, 0.29) is 29.3 Å². The number of fused-ring (bicyclic) bond motifs is 1. The van der Waals surface area contributed by atoms with E-state index in [1.54, 1.807) is 6.07 Å². The fourth-order valence-electron chi connectivity index (χ4n) is 1.42. The number of oxazole rings is 1. The molecule has 0 aliphatic carbocycles. The second-order valence-electron chi connectivity index (χ2n) is 3.37. The Bertz CT molecular complexity index is 573. The minimum absolute atomic E-state index is 0.0475. The molecule has 0 saturated carbocycles. The average Bonchev–Trinajstić information content (AvgIpc) is 2.57. The zero-order valence-electron chi connectivity index (χ0n) is 8.47. The molecule has 0 radical (unpaired) electrons. The Labute approximate surface area is 90.0 Å². The van der Waals surface area contributed by atoms with Crippen LogP contribution < -0.4 is 0 Å². The van der Waals surface area contributed by atoms with Gasteiger partial charge >= 0.3 is 0 Å². The lowest BCUT2D eigenvalue weighted by molar-refractivity contribution is -0.383. The van der Waals surface area contributed by atoms with Gasteiger partial charge in [0.1, 0.15) is 5.78 Å². The van der Waals surface area contributed by atoms with Crippen LogP contribution >= 0.6 is 0 Å². The molecule has 82 valence electrons.